The van der Waals surface area contributed by atoms with E-state index in [9.17, 15) is 4.39 Å². The fourth-order valence-electron chi connectivity index (χ4n) is 2.53. The average Bonchev–Trinajstić information content (AvgIpc) is 2.69. The van der Waals surface area contributed by atoms with Gasteiger partial charge >= 0.3 is 0 Å². The molecule has 2 heteroatoms. The lowest BCUT2D eigenvalue weighted by molar-refractivity contribution is 0.226. The van der Waals surface area contributed by atoms with Crippen molar-refractivity contribution in [3.8, 4) is 0 Å². The molecule has 1 saturated heterocycles. The van der Waals surface area contributed by atoms with Crippen LogP contribution < -0.4 is 0 Å². The highest BCUT2D eigenvalue weighted by atomic mass is 19.1. The lowest BCUT2D eigenvalue weighted by atomic mass is 9.80. The lowest BCUT2D eigenvalue weighted by Crippen LogP contribution is -2.25. The van der Waals surface area contributed by atoms with Crippen LogP contribution in [0.25, 0.3) is 0 Å². The largest absolute Gasteiger partial charge is 0.299 e. The van der Waals surface area contributed by atoms with Gasteiger partial charge in [-0.1, -0.05) is 32.9 Å². The van der Waals surface area contributed by atoms with Crippen molar-refractivity contribution in [3.05, 3.63) is 35.6 Å². The molecule has 1 aromatic carbocycles. The fourth-order valence-corrected chi connectivity index (χ4v) is 2.53. The second kappa shape index (κ2) is 4.77. The highest BCUT2D eigenvalue weighted by Gasteiger charge is 2.31. The molecule has 1 aliphatic heterocycles. The standard InChI is InChI=1S/C15H22FN/c1-15(2,3)13-8-9-17(11-13)10-12-4-6-14(16)7-5-12/h4-7,13H,8-11H2,1-3H3. The van der Waals surface area contributed by atoms with Gasteiger partial charge in [0.1, 0.15) is 5.82 Å². The molecule has 1 atom stereocenters. The van der Waals surface area contributed by atoms with E-state index in [1.807, 2.05) is 12.1 Å². The maximum atomic E-state index is 12.8. The van der Waals surface area contributed by atoms with Crippen LogP contribution in [0.5, 0.6) is 0 Å². The summed E-state index contributed by atoms with van der Waals surface area (Å²) in [5.41, 5.74) is 1.61. The van der Waals surface area contributed by atoms with Crippen molar-refractivity contribution in [2.24, 2.45) is 11.3 Å². The van der Waals surface area contributed by atoms with Crippen LogP contribution in [0.2, 0.25) is 0 Å². The van der Waals surface area contributed by atoms with Gasteiger partial charge < -0.3 is 0 Å². The first-order chi connectivity index (χ1) is 7.95. The molecule has 0 aromatic heterocycles. The predicted molar refractivity (Wildman–Crippen MR) is 69.2 cm³/mol. The molecule has 0 spiro atoms. The zero-order valence-electron chi connectivity index (χ0n) is 11.0. The zero-order valence-corrected chi connectivity index (χ0v) is 11.0. The lowest BCUT2D eigenvalue weighted by Gasteiger charge is -2.27. The first-order valence-corrected chi connectivity index (χ1v) is 6.42. The molecule has 1 aliphatic rings. The summed E-state index contributed by atoms with van der Waals surface area (Å²) in [6, 6.07) is 6.87. The quantitative estimate of drug-likeness (QED) is 0.755. The minimum atomic E-state index is -0.150. The third kappa shape index (κ3) is 3.29. The SMILES string of the molecule is CC(C)(C)C1CCN(Cc2ccc(F)cc2)C1. The third-order valence-electron chi connectivity index (χ3n) is 3.82. The number of benzene rings is 1. The van der Waals surface area contributed by atoms with E-state index in [1.165, 1.54) is 25.1 Å². The van der Waals surface area contributed by atoms with Crippen LogP contribution in [-0.4, -0.2) is 18.0 Å². The monoisotopic (exact) mass is 235 g/mol. The number of rotatable bonds is 2. The van der Waals surface area contributed by atoms with Gasteiger partial charge in [0.15, 0.2) is 0 Å². The first kappa shape index (κ1) is 12.6. The predicted octanol–water partition coefficient (Wildman–Crippen LogP) is 3.69. The van der Waals surface area contributed by atoms with Crippen molar-refractivity contribution in [3.63, 3.8) is 0 Å². The molecule has 0 aliphatic carbocycles. The summed E-state index contributed by atoms with van der Waals surface area (Å²) >= 11 is 0. The molecule has 1 heterocycles. The second-order valence-corrected chi connectivity index (χ2v) is 6.21. The van der Waals surface area contributed by atoms with E-state index in [2.05, 4.69) is 25.7 Å². The highest BCUT2D eigenvalue weighted by Crippen LogP contribution is 2.33. The Kier molecular flexibility index (Phi) is 3.53. The highest BCUT2D eigenvalue weighted by molar-refractivity contribution is 5.16. The summed E-state index contributed by atoms with van der Waals surface area (Å²) in [5.74, 6) is 0.630. The number of hydrogen-bond acceptors (Lipinski definition) is 1. The van der Waals surface area contributed by atoms with Gasteiger partial charge in [0, 0.05) is 13.1 Å². The molecule has 94 valence electrons. The number of likely N-dealkylation sites (tertiary alicyclic amines) is 1. The maximum Gasteiger partial charge on any atom is 0.123 e. The van der Waals surface area contributed by atoms with E-state index in [-0.39, 0.29) is 5.82 Å². The van der Waals surface area contributed by atoms with Crippen molar-refractivity contribution in [1.29, 1.82) is 0 Å². The summed E-state index contributed by atoms with van der Waals surface area (Å²) in [7, 11) is 0. The maximum absolute atomic E-state index is 12.8. The second-order valence-electron chi connectivity index (χ2n) is 6.21. The van der Waals surface area contributed by atoms with Crippen molar-refractivity contribution < 1.29 is 4.39 Å². The Hall–Kier alpha value is -0.890. The van der Waals surface area contributed by atoms with E-state index in [0.717, 1.165) is 12.5 Å². The summed E-state index contributed by atoms with van der Waals surface area (Å²) in [4.78, 5) is 2.48. The molecule has 1 nitrogen and oxygen atoms in total. The van der Waals surface area contributed by atoms with Gasteiger partial charge in [-0.3, -0.25) is 4.90 Å². The number of hydrogen-bond donors (Lipinski definition) is 0. The Morgan fingerprint density at radius 3 is 2.41 bits per heavy atom. The third-order valence-corrected chi connectivity index (χ3v) is 3.82. The summed E-state index contributed by atoms with van der Waals surface area (Å²) < 4.78 is 12.8. The molecule has 0 bridgehead atoms. The summed E-state index contributed by atoms with van der Waals surface area (Å²) in [6.07, 6.45) is 1.28. The van der Waals surface area contributed by atoms with Crippen LogP contribution in [0.3, 0.4) is 0 Å². The van der Waals surface area contributed by atoms with Crippen molar-refractivity contribution in [2.45, 2.75) is 33.7 Å². The van der Waals surface area contributed by atoms with Crippen LogP contribution in [0, 0.1) is 17.2 Å². The molecule has 1 aromatic rings. The molecular weight excluding hydrogens is 213 g/mol. The molecule has 2 rings (SSSR count). The Morgan fingerprint density at radius 1 is 1.24 bits per heavy atom. The van der Waals surface area contributed by atoms with Crippen LogP contribution in [0.15, 0.2) is 24.3 Å². The van der Waals surface area contributed by atoms with Gasteiger partial charge in [-0.2, -0.15) is 0 Å². The van der Waals surface area contributed by atoms with Gasteiger partial charge in [0.05, 0.1) is 0 Å². The van der Waals surface area contributed by atoms with Crippen molar-refractivity contribution in [2.75, 3.05) is 13.1 Å². The Labute approximate surface area is 104 Å². The minimum absolute atomic E-state index is 0.150. The normalized spacial score (nSPS) is 22.0. The zero-order chi connectivity index (χ0) is 12.5. The van der Waals surface area contributed by atoms with Gasteiger partial charge in [0.25, 0.3) is 0 Å². The Balaban J connectivity index is 1.92. The summed E-state index contributed by atoms with van der Waals surface area (Å²) in [6.45, 7) is 10.2. The van der Waals surface area contributed by atoms with Crippen molar-refractivity contribution >= 4 is 0 Å². The van der Waals surface area contributed by atoms with E-state index in [1.54, 1.807) is 12.1 Å². The van der Waals surface area contributed by atoms with E-state index >= 15 is 0 Å². The van der Waals surface area contributed by atoms with Gasteiger partial charge in [-0.25, -0.2) is 4.39 Å². The number of nitrogens with zero attached hydrogens (tertiary/aromatic N) is 1. The molecule has 0 radical (unpaired) electrons. The van der Waals surface area contributed by atoms with Gasteiger partial charge in [-0.15, -0.1) is 0 Å². The van der Waals surface area contributed by atoms with Crippen LogP contribution in [0.1, 0.15) is 32.8 Å². The smallest absolute Gasteiger partial charge is 0.123 e. The number of halogens is 1. The van der Waals surface area contributed by atoms with Crippen LogP contribution in [0.4, 0.5) is 4.39 Å². The average molecular weight is 235 g/mol. The summed E-state index contributed by atoms with van der Waals surface area (Å²) in [5, 5.41) is 0. The van der Waals surface area contributed by atoms with E-state index < -0.39 is 0 Å². The minimum Gasteiger partial charge on any atom is -0.299 e. The van der Waals surface area contributed by atoms with Gasteiger partial charge in [-0.05, 0) is 42.0 Å². The topological polar surface area (TPSA) is 3.24 Å². The fraction of sp³-hybridized carbons (Fsp3) is 0.600. The van der Waals surface area contributed by atoms with E-state index in [4.69, 9.17) is 0 Å². The molecule has 0 amide bonds. The molecule has 17 heavy (non-hydrogen) atoms. The molecule has 0 N–H and O–H groups in total. The molecule has 1 fully saturated rings. The van der Waals surface area contributed by atoms with Crippen LogP contribution in [-0.2, 0) is 6.54 Å². The molecular formula is C15H22FN. The van der Waals surface area contributed by atoms with Crippen molar-refractivity contribution in [1.82, 2.24) is 4.90 Å². The van der Waals surface area contributed by atoms with Crippen LogP contribution >= 0.6 is 0 Å². The van der Waals surface area contributed by atoms with Gasteiger partial charge in [0.2, 0.25) is 0 Å². The first-order valence-electron chi connectivity index (χ1n) is 6.42. The Morgan fingerprint density at radius 2 is 1.88 bits per heavy atom. The Bertz CT molecular complexity index is 364. The molecule has 1 unspecified atom stereocenters. The molecule has 0 saturated carbocycles. The van der Waals surface area contributed by atoms with E-state index in [0.29, 0.717) is 5.41 Å².